The Balaban J connectivity index is 1.92. The van der Waals surface area contributed by atoms with Crippen LogP contribution in [-0.2, 0) is 0 Å². The highest BCUT2D eigenvalue weighted by Gasteiger charge is 2.34. The van der Waals surface area contributed by atoms with Gasteiger partial charge in [0.1, 0.15) is 11.9 Å². The van der Waals surface area contributed by atoms with Gasteiger partial charge in [0.2, 0.25) is 0 Å². The monoisotopic (exact) mass is 386 g/mol. The number of rotatable bonds is 4. The van der Waals surface area contributed by atoms with E-state index in [0.29, 0.717) is 11.8 Å². The number of nitrogens with zero attached hydrogens (tertiary/aromatic N) is 4. The topological polar surface area (TPSA) is 32.3 Å². The van der Waals surface area contributed by atoms with E-state index >= 15 is 0 Å². The first-order valence-electron chi connectivity index (χ1n) is 10.5. The third kappa shape index (κ3) is 3.27. The summed E-state index contributed by atoms with van der Waals surface area (Å²) in [5, 5.41) is 0. The Morgan fingerprint density at radius 2 is 1.48 bits per heavy atom. The van der Waals surface area contributed by atoms with Crippen molar-refractivity contribution < 1.29 is 0 Å². The van der Waals surface area contributed by atoms with Crippen molar-refractivity contribution in [1.29, 1.82) is 0 Å². The van der Waals surface area contributed by atoms with Gasteiger partial charge in [-0.2, -0.15) is 0 Å². The SMILES string of the molecule is CC(C)c1cccc(C(C)C)c1-c1ncc2c(n1)N(c1ccccc1)C(C)N2C. The quantitative estimate of drug-likeness (QED) is 0.525. The molecule has 1 aromatic heterocycles. The molecular formula is C25H30N4. The van der Waals surface area contributed by atoms with Gasteiger partial charge in [-0.15, -0.1) is 0 Å². The molecule has 4 nitrogen and oxygen atoms in total. The lowest BCUT2D eigenvalue weighted by Crippen LogP contribution is -2.35. The molecule has 4 heteroatoms. The summed E-state index contributed by atoms with van der Waals surface area (Å²) in [4.78, 5) is 14.5. The van der Waals surface area contributed by atoms with E-state index in [1.165, 1.54) is 16.7 Å². The molecule has 0 saturated heterocycles. The molecule has 2 aromatic carbocycles. The summed E-state index contributed by atoms with van der Waals surface area (Å²) in [7, 11) is 2.11. The van der Waals surface area contributed by atoms with E-state index in [4.69, 9.17) is 9.97 Å². The number of anilines is 3. The van der Waals surface area contributed by atoms with Crippen molar-refractivity contribution in [3.63, 3.8) is 0 Å². The third-order valence-corrected chi connectivity index (χ3v) is 5.92. The molecule has 0 amide bonds. The number of aromatic nitrogens is 2. The van der Waals surface area contributed by atoms with Crippen LogP contribution in [0.1, 0.15) is 57.6 Å². The molecule has 1 atom stereocenters. The average Bonchev–Trinajstić information content (AvgIpc) is 2.97. The van der Waals surface area contributed by atoms with Crippen molar-refractivity contribution in [2.45, 2.75) is 52.6 Å². The Bertz CT molecular complexity index is 984. The standard InChI is InChI=1S/C25H30N4/c1-16(2)20-13-10-14-21(17(3)4)23(20)24-26-15-22-25(27-24)29(18(5)28(22)6)19-11-8-7-9-12-19/h7-18H,1-6H3. The minimum Gasteiger partial charge on any atom is -0.350 e. The number of hydrogen-bond donors (Lipinski definition) is 0. The van der Waals surface area contributed by atoms with Crippen molar-refractivity contribution in [2.75, 3.05) is 16.8 Å². The zero-order valence-corrected chi connectivity index (χ0v) is 18.2. The maximum absolute atomic E-state index is 5.14. The molecule has 0 spiro atoms. The first kappa shape index (κ1) is 19.4. The predicted molar refractivity (Wildman–Crippen MR) is 122 cm³/mol. The largest absolute Gasteiger partial charge is 0.350 e. The van der Waals surface area contributed by atoms with Crippen molar-refractivity contribution in [3.8, 4) is 11.4 Å². The van der Waals surface area contributed by atoms with Gasteiger partial charge in [0, 0.05) is 18.3 Å². The summed E-state index contributed by atoms with van der Waals surface area (Å²) in [5.74, 6) is 2.62. The van der Waals surface area contributed by atoms with Crippen LogP contribution in [0, 0.1) is 0 Å². The second-order valence-electron chi connectivity index (χ2n) is 8.47. The van der Waals surface area contributed by atoms with E-state index < -0.39 is 0 Å². The lowest BCUT2D eigenvalue weighted by molar-refractivity contribution is 0.731. The minimum absolute atomic E-state index is 0.182. The van der Waals surface area contributed by atoms with Gasteiger partial charge in [-0.25, -0.2) is 9.97 Å². The molecule has 0 N–H and O–H groups in total. The van der Waals surface area contributed by atoms with E-state index in [9.17, 15) is 0 Å². The van der Waals surface area contributed by atoms with Crippen LogP contribution in [0.2, 0.25) is 0 Å². The highest BCUT2D eigenvalue weighted by atomic mass is 15.4. The third-order valence-electron chi connectivity index (χ3n) is 5.92. The summed E-state index contributed by atoms with van der Waals surface area (Å²) >= 11 is 0. The lowest BCUT2D eigenvalue weighted by atomic mass is 9.88. The fourth-order valence-electron chi connectivity index (χ4n) is 4.20. The highest BCUT2D eigenvalue weighted by molar-refractivity contribution is 5.82. The molecule has 2 heterocycles. The second-order valence-corrected chi connectivity index (χ2v) is 8.47. The number of fused-ring (bicyclic) bond motifs is 1. The first-order chi connectivity index (χ1) is 13.9. The van der Waals surface area contributed by atoms with Crippen LogP contribution in [0.15, 0.2) is 54.7 Å². The molecular weight excluding hydrogens is 356 g/mol. The van der Waals surface area contributed by atoms with Gasteiger partial charge in [0.15, 0.2) is 11.6 Å². The number of para-hydroxylation sites is 1. The predicted octanol–water partition coefficient (Wildman–Crippen LogP) is 6.32. The fourth-order valence-corrected chi connectivity index (χ4v) is 4.20. The molecule has 3 aromatic rings. The minimum atomic E-state index is 0.182. The molecule has 1 aliphatic heterocycles. The van der Waals surface area contributed by atoms with Gasteiger partial charge in [-0.05, 0) is 42.0 Å². The number of hydrogen-bond acceptors (Lipinski definition) is 4. The maximum atomic E-state index is 5.14. The second kappa shape index (κ2) is 7.51. The van der Waals surface area contributed by atoms with E-state index in [1.54, 1.807) is 0 Å². The molecule has 1 unspecified atom stereocenters. The van der Waals surface area contributed by atoms with Gasteiger partial charge >= 0.3 is 0 Å². The zero-order chi connectivity index (χ0) is 20.7. The molecule has 29 heavy (non-hydrogen) atoms. The fraction of sp³-hybridized carbons (Fsp3) is 0.360. The summed E-state index contributed by atoms with van der Waals surface area (Å²) in [5.41, 5.74) is 6.02. The van der Waals surface area contributed by atoms with E-state index in [2.05, 4.69) is 93.9 Å². The van der Waals surface area contributed by atoms with Crippen LogP contribution in [0.4, 0.5) is 17.2 Å². The highest BCUT2D eigenvalue weighted by Crippen LogP contribution is 2.43. The Hall–Kier alpha value is -2.88. The van der Waals surface area contributed by atoms with E-state index in [0.717, 1.165) is 23.0 Å². The molecule has 4 rings (SSSR count). The van der Waals surface area contributed by atoms with Gasteiger partial charge < -0.3 is 9.80 Å². The Morgan fingerprint density at radius 3 is 2.07 bits per heavy atom. The van der Waals surface area contributed by atoms with Gasteiger partial charge in [-0.1, -0.05) is 64.1 Å². The summed E-state index contributed by atoms with van der Waals surface area (Å²) in [6.45, 7) is 11.2. The van der Waals surface area contributed by atoms with Crippen molar-refractivity contribution >= 4 is 17.2 Å². The molecule has 1 aliphatic rings. The Labute approximate surface area is 174 Å². The van der Waals surface area contributed by atoms with Crippen molar-refractivity contribution in [2.24, 2.45) is 0 Å². The van der Waals surface area contributed by atoms with E-state index in [-0.39, 0.29) is 6.17 Å². The molecule has 0 saturated carbocycles. The molecule has 0 bridgehead atoms. The van der Waals surface area contributed by atoms with Crippen molar-refractivity contribution in [3.05, 3.63) is 65.9 Å². The van der Waals surface area contributed by atoms with Crippen LogP contribution in [-0.4, -0.2) is 23.2 Å². The van der Waals surface area contributed by atoms with Gasteiger partial charge in [-0.3, -0.25) is 0 Å². The number of benzene rings is 2. The average molecular weight is 387 g/mol. The van der Waals surface area contributed by atoms with Gasteiger partial charge in [0.05, 0.1) is 6.20 Å². The van der Waals surface area contributed by atoms with Crippen LogP contribution < -0.4 is 9.80 Å². The molecule has 0 aliphatic carbocycles. The van der Waals surface area contributed by atoms with Crippen LogP contribution in [0.3, 0.4) is 0 Å². The van der Waals surface area contributed by atoms with E-state index in [1.807, 2.05) is 12.3 Å². The first-order valence-corrected chi connectivity index (χ1v) is 10.5. The van der Waals surface area contributed by atoms with Crippen LogP contribution >= 0.6 is 0 Å². The summed E-state index contributed by atoms with van der Waals surface area (Å²) < 4.78 is 0. The zero-order valence-electron chi connectivity index (χ0n) is 18.2. The Morgan fingerprint density at radius 1 is 0.862 bits per heavy atom. The molecule has 0 radical (unpaired) electrons. The summed E-state index contributed by atoms with van der Waals surface area (Å²) in [6, 6.07) is 17.1. The summed E-state index contributed by atoms with van der Waals surface area (Å²) in [6.07, 6.45) is 2.17. The maximum Gasteiger partial charge on any atom is 0.162 e. The molecule has 0 fully saturated rings. The Kier molecular flexibility index (Phi) is 5.03. The van der Waals surface area contributed by atoms with Crippen LogP contribution in [0.5, 0.6) is 0 Å². The normalized spacial score (nSPS) is 16.1. The van der Waals surface area contributed by atoms with Crippen molar-refractivity contribution in [1.82, 2.24) is 9.97 Å². The smallest absolute Gasteiger partial charge is 0.162 e. The van der Waals surface area contributed by atoms with Gasteiger partial charge in [0.25, 0.3) is 0 Å². The van der Waals surface area contributed by atoms with Crippen LogP contribution in [0.25, 0.3) is 11.4 Å². The molecule has 150 valence electrons. The lowest BCUT2D eigenvalue weighted by Gasteiger charge is -2.26.